The zero-order valence-electron chi connectivity index (χ0n) is 10.8. The molecule has 1 aromatic carbocycles. The van der Waals surface area contributed by atoms with E-state index in [0.29, 0.717) is 12.2 Å². The van der Waals surface area contributed by atoms with Crippen molar-refractivity contribution < 1.29 is 17.4 Å². The number of para-hydroxylation sites is 1. The Morgan fingerprint density at radius 1 is 1.37 bits per heavy atom. The Kier molecular flexibility index (Phi) is 5.72. The van der Waals surface area contributed by atoms with E-state index in [1.54, 1.807) is 30.3 Å². The number of carbonyl (C=O) groups is 1. The quantitative estimate of drug-likeness (QED) is 0.563. The van der Waals surface area contributed by atoms with E-state index < -0.39 is 22.6 Å². The van der Waals surface area contributed by atoms with Gasteiger partial charge >= 0.3 is 0 Å². The van der Waals surface area contributed by atoms with Crippen molar-refractivity contribution in [3.63, 3.8) is 0 Å². The van der Waals surface area contributed by atoms with Gasteiger partial charge in [-0.2, -0.15) is 8.42 Å². The van der Waals surface area contributed by atoms with Crippen LogP contribution in [0.4, 0.5) is 5.69 Å². The number of benzene rings is 1. The lowest BCUT2D eigenvalue weighted by Gasteiger charge is -2.20. The fourth-order valence-electron chi connectivity index (χ4n) is 1.39. The molecule has 0 unspecified atom stereocenters. The van der Waals surface area contributed by atoms with Gasteiger partial charge in [0, 0.05) is 12.2 Å². The summed E-state index contributed by atoms with van der Waals surface area (Å²) in [6, 6.07) is 8.94. The van der Waals surface area contributed by atoms with Gasteiger partial charge in [0.1, 0.15) is 6.61 Å². The Balaban J connectivity index is 2.77. The predicted molar refractivity (Wildman–Crippen MR) is 74.4 cm³/mol. The van der Waals surface area contributed by atoms with Crippen molar-refractivity contribution in [2.24, 2.45) is 0 Å². The maximum absolute atomic E-state index is 12.0. The lowest BCUT2D eigenvalue weighted by molar-refractivity contribution is -0.120. The van der Waals surface area contributed by atoms with Gasteiger partial charge in [0.25, 0.3) is 16.0 Å². The molecular formula is C13H17NO4S. The second-order valence-corrected chi connectivity index (χ2v) is 5.67. The minimum atomic E-state index is -3.62. The van der Waals surface area contributed by atoms with Crippen molar-refractivity contribution in [1.29, 1.82) is 0 Å². The number of carbonyl (C=O) groups excluding carboxylic acids is 1. The smallest absolute Gasteiger partial charge is 0.267 e. The monoisotopic (exact) mass is 283 g/mol. The minimum Gasteiger partial charge on any atom is -0.307 e. The van der Waals surface area contributed by atoms with Gasteiger partial charge in [0.05, 0.1) is 5.75 Å². The molecule has 5 nitrogen and oxygen atoms in total. The minimum absolute atomic E-state index is 0.160. The van der Waals surface area contributed by atoms with Crippen molar-refractivity contribution in [3.05, 3.63) is 43.0 Å². The first-order valence-corrected chi connectivity index (χ1v) is 7.41. The maximum Gasteiger partial charge on any atom is 0.267 e. The number of amides is 1. The van der Waals surface area contributed by atoms with Crippen molar-refractivity contribution in [2.45, 2.75) is 6.92 Å². The molecule has 0 radical (unpaired) electrons. The Bertz CT molecular complexity index is 525. The second-order valence-electron chi connectivity index (χ2n) is 3.74. The summed E-state index contributed by atoms with van der Waals surface area (Å²) in [5.74, 6) is -0.587. The third-order valence-electron chi connectivity index (χ3n) is 2.40. The summed E-state index contributed by atoms with van der Waals surface area (Å²) in [7, 11) is -3.62. The SMILES string of the molecule is C=CCN(C(=O)COS(=O)(=O)CC)c1ccccc1. The van der Waals surface area contributed by atoms with Crippen LogP contribution in [0.15, 0.2) is 43.0 Å². The third kappa shape index (κ3) is 4.84. The van der Waals surface area contributed by atoms with Gasteiger partial charge < -0.3 is 4.90 Å². The topological polar surface area (TPSA) is 63.7 Å². The van der Waals surface area contributed by atoms with Gasteiger partial charge in [-0.05, 0) is 19.1 Å². The number of hydrogen-bond donors (Lipinski definition) is 0. The van der Waals surface area contributed by atoms with Crippen LogP contribution in [-0.4, -0.2) is 33.2 Å². The molecule has 1 amide bonds. The van der Waals surface area contributed by atoms with E-state index in [-0.39, 0.29) is 5.75 Å². The zero-order valence-corrected chi connectivity index (χ0v) is 11.6. The van der Waals surface area contributed by atoms with Crippen LogP contribution >= 0.6 is 0 Å². The van der Waals surface area contributed by atoms with Gasteiger partial charge in [0.2, 0.25) is 0 Å². The van der Waals surface area contributed by atoms with E-state index in [1.807, 2.05) is 6.07 Å². The molecule has 1 aromatic rings. The average molecular weight is 283 g/mol. The first-order valence-electron chi connectivity index (χ1n) is 5.83. The highest BCUT2D eigenvalue weighted by atomic mass is 32.2. The molecule has 0 aliphatic heterocycles. The van der Waals surface area contributed by atoms with E-state index in [4.69, 9.17) is 0 Å². The molecule has 104 valence electrons. The van der Waals surface area contributed by atoms with E-state index in [0.717, 1.165) is 0 Å². The van der Waals surface area contributed by atoms with Crippen LogP contribution in [0.5, 0.6) is 0 Å². The first kappa shape index (κ1) is 15.4. The largest absolute Gasteiger partial charge is 0.307 e. The first-order chi connectivity index (χ1) is 9.00. The van der Waals surface area contributed by atoms with Crippen LogP contribution in [0.3, 0.4) is 0 Å². The lowest BCUT2D eigenvalue weighted by Crippen LogP contribution is -2.35. The Hall–Kier alpha value is -1.66. The molecule has 0 bridgehead atoms. The highest BCUT2D eigenvalue weighted by molar-refractivity contribution is 7.86. The lowest BCUT2D eigenvalue weighted by atomic mass is 10.3. The average Bonchev–Trinajstić information content (AvgIpc) is 2.43. The molecule has 0 N–H and O–H groups in total. The van der Waals surface area contributed by atoms with E-state index in [9.17, 15) is 13.2 Å². The van der Waals surface area contributed by atoms with Gasteiger partial charge in [0.15, 0.2) is 0 Å². The van der Waals surface area contributed by atoms with Gasteiger partial charge in [-0.3, -0.25) is 8.98 Å². The van der Waals surface area contributed by atoms with E-state index in [1.165, 1.54) is 11.8 Å². The fraction of sp³-hybridized carbons (Fsp3) is 0.308. The summed E-state index contributed by atoms with van der Waals surface area (Å²) in [5, 5.41) is 0. The van der Waals surface area contributed by atoms with Crippen LogP contribution in [-0.2, 0) is 19.1 Å². The molecule has 0 fully saturated rings. The molecule has 1 rings (SSSR count). The van der Waals surface area contributed by atoms with Crippen LogP contribution in [0.1, 0.15) is 6.92 Å². The highest BCUT2D eigenvalue weighted by Gasteiger charge is 2.17. The molecule has 0 aliphatic carbocycles. The summed E-state index contributed by atoms with van der Waals surface area (Å²) in [6.45, 7) is 4.83. The third-order valence-corrected chi connectivity index (χ3v) is 3.58. The molecule has 0 aromatic heterocycles. The maximum atomic E-state index is 12.0. The Morgan fingerprint density at radius 2 is 2.00 bits per heavy atom. The van der Waals surface area contributed by atoms with Gasteiger partial charge in [-0.25, -0.2) is 0 Å². The molecule has 0 spiro atoms. The van der Waals surface area contributed by atoms with Gasteiger partial charge in [-0.15, -0.1) is 6.58 Å². The Labute approximate surface area is 113 Å². The van der Waals surface area contributed by atoms with E-state index in [2.05, 4.69) is 10.8 Å². The number of rotatable bonds is 7. The van der Waals surface area contributed by atoms with Crippen LogP contribution in [0, 0.1) is 0 Å². The normalized spacial score (nSPS) is 11.0. The highest BCUT2D eigenvalue weighted by Crippen LogP contribution is 2.13. The Morgan fingerprint density at radius 3 is 2.53 bits per heavy atom. The summed E-state index contributed by atoms with van der Waals surface area (Å²) in [4.78, 5) is 13.4. The molecule has 6 heteroatoms. The summed E-state index contributed by atoms with van der Waals surface area (Å²) in [6.07, 6.45) is 1.57. The fourth-order valence-corrected chi connectivity index (χ4v) is 1.84. The van der Waals surface area contributed by atoms with Crippen molar-refractivity contribution >= 4 is 21.7 Å². The molecule has 0 heterocycles. The standard InChI is InChI=1S/C13H17NO4S/c1-3-10-14(12-8-6-5-7-9-12)13(15)11-18-19(16,17)4-2/h3,5-9H,1,4,10-11H2,2H3. The van der Waals surface area contributed by atoms with Crippen molar-refractivity contribution in [3.8, 4) is 0 Å². The molecule has 0 saturated carbocycles. The second kappa shape index (κ2) is 7.06. The van der Waals surface area contributed by atoms with Crippen LogP contribution < -0.4 is 4.90 Å². The van der Waals surface area contributed by atoms with Crippen LogP contribution in [0.2, 0.25) is 0 Å². The molecular weight excluding hydrogens is 266 g/mol. The molecule has 0 aliphatic rings. The zero-order chi connectivity index (χ0) is 14.3. The molecule has 0 atom stereocenters. The predicted octanol–water partition coefficient (Wildman–Crippen LogP) is 1.57. The summed E-state index contributed by atoms with van der Waals surface area (Å²) in [5.41, 5.74) is 0.671. The summed E-state index contributed by atoms with van der Waals surface area (Å²) < 4.78 is 27.1. The van der Waals surface area contributed by atoms with Crippen LogP contribution in [0.25, 0.3) is 0 Å². The molecule has 19 heavy (non-hydrogen) atoms. The molecule has 0 saturated heterocycles. The summed E-state index contributed by atoms with van der Waals surface area (Å²) >= 11 is 0. The number of anilines is 1. The number of nitrogens with zero attached hydrogens (tertiary/aromatic N) is 1. The van der Waals surface area contributed by atoms with Crippen molar-refractivity contribution in [2.75, 3.05) is 23.8 Å². The van der Waals surface area contributed by atoms with Gasteiger partial charge in [-0.1, -0.05) is 24.3 Å². The van der Waals surface area contributed by atoms with Crippen molar-refractivity contribution in [1.82, 2.24) is 0 Å². The number of hydrogen-bond acceptors (Lipinski definition) is 4. The van der Waals surface area contributed by atoms with E-state index >= 15 is 0 Å².